The predicted molar refractivity (Wildman–Crippen MR) is 147 cm³/mol. The molecule has 0 spiro atoms. The molecule has 1 aromatic heterocycles. The predicted octanol–water partition coefficient (Wildman–Crippen LogP) is 4.43. The number of fused-ring (bicyclic) bond motifs is 2. The molecule has 0 saturated carbocycles. The number of rotatable bonds is 5. The Kier molecular flexibility index (Phi) is 6.74. The van der Waals surface area contributed by atoms with Gasteiger partial charge in [0, 0.05) is 0 Å². The number of carbonyl (C=O) groups is 1. The lowest BCUT2D eigenvalue weighted by molar-refractivity contribution is -0.139. The third-order valence-electron chi connectivity index (χ3n) is 6.20. The zero-order valence-electron chi connectivity index (χ0n) is 20.3. The summed E-state index contributed by atoms with van der Waals surface area (Å²) in [6.45, 7) is 3.73. The van der Waals surface area contributed by atoms with Crippen molar-refractivity contribution in [3.63, 3.8) is 0 Å². The summed E-state index contributed by atoms with van der Waals surface area (Å²) in [5.74, 6) is -0.239. The lowest BCUT2D eigenvalue weighted by Crippen LogP contribution is -2.40. The molecule has 4 aromatic rings. The van der Waals surface area contributed by atoms with E-state index in [9.17, 15) is 14.7 Å². The molecule has 9 heteroatoms. The number of thiazole rings is 1. The molecule has 0 fully saturated rings. The van der Waals surface area contributed by atoms with E-state index >= 15 is 0 Å². The first kappa shape index (κ1) is 25.0. The average Bonchev–Trinajstić information content (AvgIpc) is 3.19. The number of hydrogen-bond acceptors (Lipinski definition) is 7. The van der Waals surface area contributed by atoms with Crippen LogP contribution in [0.25, 0.3) is 16.8 Å². The number of phenols is 1. The minimum Gasteiger partial charge on any atom is -0.503 e. The summed E-state index contributed by atoms with van der Waals surface area (Å²) < 4.78 is 13.1. The second kappa shape index (κ2) is 9.99. The number of nitrogens with zero attached hydrogens (tertiary/aromatic N) is 2. The van der Waals surface area contributed by atoms with Crippen molar-refractivity contribution < 1.29 is 19.4 Å². The van der Waals surface area contributed by atoms with Crippen LogP contribution >= 0.6 is 27.3 Å². The largest absolute Gasteiger partial charge is 0.503 e. The van der Waals surface area contributed by atoms with Gasteiger partial charge in [0.05, 0.1) is 40.0 Å². The molecule has 0 aliphatic carbocycles. The van der Waals surface area contributed by atoms with Crippen LogP contribution in [0, 0.1) is 0 Å². The fraction of sp³-hybridized carbons (Fsp3) is 0.179. The van der Waals surface area contributed by atoms with Gasteiger partial charge in [0.15, 0.2) is 16.3 Å². The number of benzene rings is 3. The first-order chi connectivity index (χ1) is 17.8. The van der Waals surface area contributed by atoms with E-state index in [1.54, 1.807) is 36.6 Å². The molecule has 1 aliphatic rings. The number of esters is 1. The fourth-order valence-electron chi connectivity index (χ4n) is 4.56. The number of methoxy groups -OCH3 is 1. The van der Waals surface area contributed by atoms with Crippen LogP contribution in [-0.2, 0) is 9.53 Å². The minimum absolute atomic E-state index is 0.0215. The molecule has 1 N–H and O–H groups in total. The lowest BCUT2D eigenvalue weighted by Gasteiger charge is -2.25. The van der Waals surface area contributed by atoms with E-state index in [0.717, 1.165) is 16.3 Å². The van der Waals surface area contributed by atoms with Crippen LogP contribution in [0.4, 0.5) is 0 Å². The lowest BCUT2D eigenvalue weighted by atomic mass is 9.91. The molecule has 0 saturated heterocycles. The SMILES string of the molecule is CCOC(=O)C1=C(C)N=c2s/c(=C/c3cc(Br)c(O)c(OC)c3)c(=O)n2[C@H]1c1cccc2ccccc12. The van der Waals surface area contributed by atoms with Crippen LogP contribution in [0.2, 0.25) is 0 Å². The minimum atomic E-state index is -0.704. The van der Waals surface area contributed by atoms with Gasteiger partial charge < -0.3 is 14.6 Å². The zero-order valence-corrected chi connectivity index (χ0v) is 22.7. The van der Waals surface area contributed by atoms with Crippen molar-refractivity contribution in [2.45, 2.75) is 19.9 Å². The summed E-state index contributed by atoms with van der Waals surface area (Å²) >= 11 is 4.57. The van der Waals surface area contributed by atoms with E-state index in [1.165, 1.54) is 18.4 Å². The molecule has 7 nitrogen and oxygen atoms in total. The quantitative estimate of drug-likeness (QED) is 0.354. The van der Waals surface area contributed by atoms with E-state index < -0.39 is 12.0 Å². The zero-order chi connectivity index (χ0) is 26.3. The molecule has 5 rings (SSSR count). The average molecular weight is 579 g/mol. The Hall–Kier alpha value is -3.69. The van der Waals surface area contributed by atoms with Crippen LogP contribution < -0.4 is 19.6 Å². The fourth-order valence-corrected chi connectivity index (χ4v) is 6.07. The number of ether oxygens (including phenoxy) is 2. The molecular weight excluding hydrogens is 556 g/mol. The number of phenolic OH excluding ortho intramolecular Hbond substituents is 1. The van der Waals surface area contributed by atoms with Crippen molar-refractivity contribution in [3.05, 3.63) is 101 Å². The summed E-state index contributed by atoms with van der Waals surface area (Å²) in [5.41, 5.74) is 2.05. The van der Waals surface area contributed by atoms with E-state index in [2.05, 4.69) is 20.9 Å². The van der Waals surface area contributed by atoms with Crippen molar-refractivity contribution >= 4 is 50.1 Å². The molecule has 0 amide bonds. The van der Waals surface area contributed by atoms with Gasteiger partial charge in [-0.05, 0) is 69.9 Å². The van der Waals surface area contributed by atoms with E-state index in [1.807, 2.05) is 42.5 Å². The topological polar surface area (TPSA) is 90.1 Å². The van der Waals surface area contributed by atoms with Crippen LogP contribution in [-0.4, -0.2) is 29.4 Å². The Bertz CT molecular complexity index is 1760. The van der Waals surface area contributed by atoms with Gasteiger partial charge in [-0.2, -0.15) is 0 Å². The molecule has 2 heterocycles. The Morgan fingerprint density at radius 2 is 1.97 bits per heavy atom. The second-order valence-corrected chi connectivity index (χ2v) is 10.3. The number of aromatic hydroxyl groups is 1. The van der Waals surface area contributed by atoms with Gasteiger partial charge in [0.2, 0.25) is 0 Å². The summed E-state index contributed by atoms with van der Waals surface area (Å²) in [5, 5.41) is 12.1. The molecule has 188 valence electrons. The van der Waals surface area contributed by atoms with Gasteiger partial charge in [-0.3, -0.25) is 9.36 Å². The van der Waals surface area contributed by atoms with Crippen molar-refractivity contribution in [2.75, 3.05) is 13.7 Å². The van der Waals surface area contributed by atoms with Gasteiger partial charge in [-0.15, -0.1) is 0 Å². The van der Waals surface area contributed by atoms with Crippen molar-refractivity contribution in [2.24, 2.45) is 4.99 Å². The van der Waals surface area contributed by atoms with Gasteiger partial charge >= 0.3 is 5.97 Å². The van der Waals surface area contributed by atoms with Crippen LogP contribution in [0.15, 0.2) is 80.1 Å². The van der Waals surface area contributed by atoms with Crippen LogP contribution in [0.5, 0.6) is 11.5 Å². The number of hydrogen-bond donors (Lipinski definition) is 1. The highest BCUT2D eigenvalue weighted by atomic mass is 79.9. The van der Waals surface area contributed by atoms with Gasteiger partial charge in [-0.25, -0.2) is 9.79 Å². The third kappa shape index (κ3) is 4.38. The normalized spacial score (nSPS) is 15.5. The van der Waals surface area contributed by atoms with Gasteiger partial charge in [-0.1, -0.05) is 53.8 Å². The third-order valence-corrected chi connectivity index (χ3v) is 7.79. The summed E-state index contributed by atoms with van der Waals surface area (Å²) in [6, 6.07) is 16.4. The maximum absolute atomic E-state index is 13.9. The van der Waals surface area contributed by atoms with Crippen molar-refractivity contribution in [1.29, 1.82) is 0 Å². The van der Waals surface area contributed by atoms with Crippen LogP contribution in [0.1, 0.15) is 31.0 Å². The molecule has 37 heavy (non-hydrogen) atoms. The first-order valence-corrected chi connectivity index (χ1v) is 13.2. The molecule has 1 atom stereocenters. The Morgan fingerprint density at radius 3 is 2.73 bits per heavy atom. The number of halogens is 1. The smallest absolute Gasteiger partial charge is 0.338 e. The summed E-state index contributed by atoms with van der Waals surface area (Å²) in [4.78, 5) is 32.2. The highest BCUT2D eigenvalue weighted by molar-refractivity contribution is 9.10. The highest BCUT2D eigenvalue weighted by Crippen LogP contribution is 2.36. The first-order valence-electron chi connectivity index (χ1n) is 11.6. The van der Waals surface area contributed by atoms with Crippen molar-refractivity contribution in [1.82, 2.24) is 4.57 Å². The number of carbonyl (C=O) groups excluding carboxylic acids is 1. The standard InChI is InChI=1S/C28H23BrN2O5S/c1-4-36-27(34)23-15(2)30-28-31(24(23)19-11-7-9-17-8-5-6-10-18(17)19)26(33)22(37-28)14-16-12-20(29)25(32)21(13-16)35-3/h5-14,24,32H,4H2,1-3H3/b22-14+/t24-/m0/s1. The Labute approximate surface area is 224 Å². The van der Waals surface area contributed by atoms with E-state index in [-0.39, 0.29) is 23.7 Å². The van der Waals surface area contributed by atoms with E-state index in [0.29, 0.717) is 30.6 Å². The summed E-state index contributed by atoms with van der Waals surface area (Å²) in [7, 11) is 1.46. The molecule has 3 aromatic carbocycles. The Morgan fingerprint density at radius 1 is 1.22 bits per heavy atom. The number of allylic oxidation sites excluding steroid dienone is 1. The van der Waals surface area contributed by atoms with Crippen molar-refractivity contribution in [3.8, 4) is 11.5 Å². The molecule has 1 aliphatic heterocycles. The number of aromatic nitrogens is 1. The van der Waals surface area contributed by atoms with Crippen LogP contribution in [0.3, 0.4) is 0 Å². The van der Waals surface area contributed by atoms with Gasteiger partial charge in [0.1, 0.15) is 0 Å². The maximum atomic E-state index is 13.9. The molecule has 0 radical (unpaired) electrons. The highest BCUT2D eigenvalue weighted by Gasteiger charge is 2.34. The van der Waals surface area contributed by atoms with Gasteiger partial charge in [0.25, 0.3) is 5.56 Å². The molecule has 0 unspecified atom stereocenters. The maximum Gasteiger partial charge on any atom is 0.338 e. The monoisotopic (exact) mass is 578 g/mol. The van der Waals surface area contributed by atoms with E-state index in [4.69, 9.17) is 9.47 Å². The molecule has 0 bridgehead atoms. The molecular formula is C28H23BrN2O5S. The summed E-state index contributed by atoms with van der Waals surface area (Å²) in [6.07, 6.45) is 1.72. The second-order valence-electron chi connectivity index (χ2n) is 8.42. The Balaban J connectivity index is 1.79.